The summed E-state index contributed by atoms with van der Waals surface area (Å²) in [6, 6.07) is 18.0. The number of para-hydroxylation sites is 2. The van der Waals surface area contributed by atoms with Gasteiger partial charge in [0, 0.05) is 18.3 Å². The molecule has 0 heterocycles. The summed E-state index contributed by atoms with van der Waals surface area (Å²) < 4.78 is 0. The van der Waals surface area contributed by atoms with Crippen molar-refractivity contribution < 1.29 is 5.11 Å². The summed E-state index contributed by atoms with van der Waals surface area (Å²) in [6.07, 6.45) is 0.947. The molecule has 0 fully saturated rings. The average Bonchev–Trinajstić information content (AvgIpc) is 2.42. The fourth-order valence-electron chi connectivity index (χ4n) is 2.31. The van der Waals surface area contributed by atoms with Crippen LogP contribution >= 0.6 is 0 Å². The number of hydrogen-bond donors (Lipinski definition) is 1. The van der Waals surface area contributed by atoms with Gasteiger partial charge in [-0.1, -0.05) is 43.3 Å². The highest BCUT2D eigenvalue weighted by Crippen LogP contribution is 2.32. The molecule has 18 heavy (non-hydrogen) atoms. The lowest BCUT2D eigenvalue weighted by Gasteiger charge is -2.30. The molecule has 0 saturated carbocycles. The third-order valence-electron chi connectivity index (χ3n) is 3.31. The number of rotatable bonds is 4. The number of aromatic hydroxyl groups is 1. The topological polar surface area (TPSA) is 23.5 Å². The molecule has 2 nitrogen and oxygen atoms in total. The molecule has 0 spiro atoms. The molecule has 0 amide bonds. The molecule has 2 heteroatoms. The Hall–Kier alpha value is -1.96. The van der Waals surface area contributed by atoms with Gasteiger partial charge in [-0.2, -0.15) is 0 Å². The van der Waals surface area contributed by atoms with E-state index < -0.39 is 0 Å². The van der Waals surface area contributed by atoms with Gasteiger partial charge in [-0.15, -0.1) is 0 Å². The van der Waals surface area contributed by atoms with Crippen molar-refractivity contribution in [1.29, 1.82) is 0 Å². The van der Waals surface area contributed by atoms with Crippen LogP contribution in [-0.4, -0.2) is 12.2 Å². The quantitative estimate of drug-likeness (QED) is 0.875. The van der Waals surface area contributed by atoms with Gasteiger partial charge in [0.05, 0.1) is 6.04 Å². The smallest absolute Gasteiger partial charge is 0.120 e. The highest BCUT2D eigenvalue weighted by atomic mass is 16.3. The van der Waals surface area contributed by atoms with Gasteiger partial charge >= 0.3 is 0 Å². The Morgan fingerprint density at radius 2 is 1.61 bits per heavy atom. The number of nitrogens with zero attached hydrogens (tertiary/aromatic N) is 1. The molecule has 0 aliphatic rings. The second kappa shape index (κ2) is 5.58. The first-order chi connectivity index (χ1) is 8.74. The summed E-state index contributed by atoms with van der Waals surface area (Å²) in [6.45, 7) is 2.14. The van der Waals surface area contributed by atoms with Crippen LogP contribution in [-0.2, 0) is 0 Å². The Bertz CT molecular complexity index is 495. The zero-order valence-electron chi connectivity index (χ0n) is 10.9. The molecule has 1 N–H and O–H groups in total. The van der Waals surface area contributed by atoms with Crippen LogP contribution in [0.4, 0.5) is 5.69 Å². The fourth-order valence-corrected chi connectivity index (χ4v) is 2.31. The molecule has 2 aromatic carbocycles. The number of phenolic OH excluding ortho intramolecular Hbond substituents is 1. The van der Waals surface area contributed by atoms with Crippen molar-refractivity contribution >= 4 is 5.69 Å². The Kier molecular flexibility index (Phi) is 3.88. The zero-order valence-corrected chi connectivity index (χ0v) is 10.9. The maximum Gasteiger partial charge on any atom is 0.120 e. The van der Waals surface area contributed by atoms with Gasteiger partial charge in [-0.25, -0.2) is 0 Å². The van der Waals surface area contributed by atoms with Crippen LogP contribution in [0.5, 0.6) is 5.75 Å². The van der Waals surface area contributed by atoms with Gasteiger partial charge in [0.1, 0.15) is 5.75 Å². The monoisotopic (exact) mass is 241 g/mol. The van der Waals surface area contributed by atoms with Gasteiger partial charge in [-0.3, -0.25) is 0 Å². The molecule has 0 aromatic heterocycles. The first-order valence-corrected chi connectivity index (χ1v) is 6.29. The number of hydrogen-bond acceptors (Lipinski definition) is 2. The van der Waals surface area contributed by atoms with Crippen molar-refractivity contribution in [3.05, 3.63) is 60.2 Å². The summed E-state index contributed by atoms with van der Waals surface area (Å²) in [5.74, 6) is 0.368. The molecule has 2 aromatic rings. The zero-order chi connectivity index (χ0) is 13.0. The van der Waals surface area contributed by atoms with E-state index in [9.17, 15) is 5.11 Å². The first kappa shape index (κ1) is 12.5. The molecule has 1 unspecified atom stereocenters. The van der Waals surface area contributed by atoms with Crippen LogP contribution in [0, 0.1) is 0 Å². The van der Waals surface area contributed by atoms with Gasteiger partial charge in [0.2, 0.25) is 0 Å². The van der Waals surface area contributed by atoms with E-state index >= 15 is 0 Å². The maximum absolute atomic E-state index is 9.98. The predicted octanol–water partition coefficient (Wildman–Crippen LogP) is 3.98. The highest BCUT2D eigenvalue weighted by molar-refractivity contribution is 5.49. The standard InChI is InChI=1S/C16H19NO/c1-3-15(14-11-7-8-12-16(14)18)17(2)13-9-5-4-6-10-13/h4-12,15,18H,3H2,1-2H3. The number of phenols is 1. The predicted molar refractivity (Wildman–Crippen MR) is 76.0 cm³/mol. The minimum Gasteiger partial charge on any atom is -0.508 e. The van der Waals surface area contributed by atoms with Crippen molar-refractivity contribution in [2.45, 2.75) is 19.4 Å². The second-order valence-corrected chi connectivity index (χ2v) is 4.43. The Morgan fingerprint density at radius 1 is 1.00 bits per heavy atom. The van der Waals surface area contributed by atoms with E-state index in [2.05, 4.69) is 31.0 Å². The largest absolute Gasteiger partial charge is 0.508 e. The minimum absolute atomic E-state index is 0.189. The third-order valence-corrected chi connectivity index (χ3v) is 3.31. The SMILES string of the molecule is CCC(c1ccccc1O)N(C)c1ccccc1. The molecule has 0 aliphatic heterocycles. The highest BCUT2D eigenvalue weighted by Gasteiger charge is 2.18. The van der Waals surface area contributed by atoms with Crippen LogP contribution in [0.25, 0.3) is 0 Å². The summed E-state index contributed by atoms with van der Waals surface area (Å²) in [7, 11) is 2.07. The molecular formula is C16H19NO. The Labute approximate surface area is 109 Å². The van der Waals surface area contributed by atoms with E-state index in [1.165, 1.54) is 0 Å². The summed E-state index contributed by atoms with van der Waals surface area (Å²) in [4.78, 5) is 2.20. The van der Waals surface area contributed by atoms with Crippen LogP contribution < -0.4 is 4.90 Å². The lowest BCUT2D eigenvalue weighted by Crippen LogP contribution is -2.23. The molecule has 0 radical (unpaired) electrons. The van der Waals surface area contributed by atoms with Crippen molar-refractivity contribution in [1.82, 2.24) is 0 Å². The molecule has 0 bridgehead atoms. The van der Waals surface area contributed by atoms with Crippen LogP contribution in [0.2, 0.25) is 0 Å². The lowest BCUT2D eigenvalue weighted by atomic mass is 10.0. The third kappa shape index (κ3) is 2.48. The minimum atomic E-state index is 0.189. The van der Waals surface area contributed by atoms with Crippen LogP contribution in [0.15, 0.2) is 54.6 Å². The molecule has 0 aliphatic carbocycles. The molecule has 0 saturated heterocycles. The van der Waals surface area contributed by atoms with Crippen molar-refractivity contribution in [3.8, 4) is 5.75 Å². The van der Waals surface area contributed by atoms with Crippen LogP contribution in [0.3, 0.4) is 0 Å². The van der Waals surface area contributed by atoms with E-state index in [-0.39, 0.29) is 6.04 Å². The Morgan fingerprint density at radius 3 is 2.22 bits per heavy atom. The van der Waals surface area contributed by atoms with Gasteiger partial charge in [0.15, 0.2) is 0 Å². The van der Waals surface area contributed by atoms with E-state index in [0.717, 1.165) is 17.7 Å². The summed E-state index contributed by atoms with van der Waals surface area (Å²) >= 11 is 0. The number of anilines is 1. The molecular weight excluding hydrogens is 222 g/mol. The van der Waals surface area contributed by atoms with Gasteiger partial charge in [0.25, 0.3) is 0 Å². The van der Waals surface area contributed by atoms with Crippen molar-refractivity contribution in [3.63, 3.8) is 0 Å². The molecule has 2 rings (SSSR count). The van der Waals surface area contributed by atoms with E-state index in [0.29, 0.717) is 5.75 Å². The van der Waals surface area contributed by atoms with E-state index in [4.69, 9.17) is 0 Å². The normalized spacial score (nSPS) is 12.1. The van der Waals surface area contributed by atoms with Crippen molar-refractivity contribution in [2.75, 3.05) is 11.9 Å². The summed E-state index contributed by atoms with van der Waals surface area (Å²) in [5, 5.41) is 9.98. The first-order valence-electron chi connectivity index (χ1n) is 6.29. The van der Waals surface area contributed by atoms with Crippen LogP contribution in [0.1, 0.15) is 24.9 Å². The lowest BCUT2D eigenvalue weighted by molar-refractivity contribution is 0.458. The maximum atomic E-state index is 9.98. The Balaban J connectivity index is 2.32. The van der Waals surface area contributed by atoms with E-state index in [1.807, 2.05) is 36.4 Å². The molecule has 94 valence electrons. The second-order valence-electron chi connectivity index (χ2n) is 4.43. The number of benzene rings is 2. The summed E-state index contributed by atoms with van der Waals surface area (Å²) in [5.41, 5.74) is 2.14. The van der Waals surface area contributed by atoms with Gasteiger partial charge in [-0.05, 0) is 24.6 Å². The average molecular weight is 241 g/mol. The fraction of sp³-hybridized carbons (Fsp3) is 0.250. The van der Waals surface area contributed by atoms with Gasteiger partial charge < -0.3 is 10.0 Å². The molecule has 1 atom stereocenters. The van der Waals surface area contributed by atoms with Crippen molar-refractivity contribution in [2.24, 2.45) is 0 Å². The van der Waals surface area contributed by atoms with E-state index in [1.54, 1.807) is 6.07 Å².